The largest absolute Gasteiger partial charge is 0.457 e. The minimum absolute atomic E-state index is 0.521. The summed E-state index contributed by atoms with van der Waals surface area (Å²) in [5.41, 5.74) is 1.40. The standard InChI is InChI=1S/C20H26N2O/c1-2-6-20(22-15-13-21-14-16-22)17-9-11-19(12-10-17)23-18-7-4-3-5-8-18/h3-5,7-12,20-21H,2,6,13-16H2,1H3/t20-/m1/s1. The monoisotopic (exact) mass is 310 g/mol. The van der Waals surface area contributed by atoms with E-state index >= 15 is 0 Å². The number of hydrogen-bond donors (Lipinski definition) is 1. The topological polar surface area (TPSA) is 24.5 Å². The van der Waals surface area contributed by atoms with Crippen molar-refractivity contribution >= 4 is 0 Å². The first-order valence-corrected chi connectivity index (χ1v) is 8.64. The Morgan fingerprint density at radius 3 is 2.26 bits per heavy atom. The average Bonchev–Trinajstić information content (AvgIpc) is 2.62. The number of benzene rings is 2. The van der Waals surface area contributed by atoms with Gasteiger partial charge in [-0.25, -0.2) is 0 Å². The number of rotatable bonds is 6. The Hall–Kier alpha value is -1.84. The smallest absolute Gasteiger partial charge is 0.127 e. The highest BCUT2D eigenvalue weighted by Crippen LogP contribution is 2.29. The Balaban J connectivity index is 1.70. The molecule has 0 unspecified atom stereocenters. The number of nitrogens with zero attached hydrogens (tertiary/aromatic N) is 1. The zero-order valence-electron chi connectivity index (χ0n) is 13.9. The highest BCUT2D eigenvalue weighted by atomic mass is 16.5. The van der Waals surface area contributed by atoms with E-state index in [4.69, 9.17) is 4.74 Å². The summed E-state index contributed by atoms with van der Waals surface area (Å²) in [5.74, 6) is 1.78. The van der Waals surface area contributed by atoms with Gasteiger partial charge < -0.3 is 10.1 Å². The molecular weight excluding hydrogens is 284 g/mol. The van der Waals surface area contributed by atoms with Gasteiger partial charge in [-0.05, 0) is 36.2 Å². The second kappa shape index (κ2) is 8.14. The van der Waals surface area contributed by atoms with Crippen molar-refractivity contribution in [2.45, 2.75) is 25.8 Å². The zero-order chi connectivity index (χ0) is 15.9. The summed E-state index contributed by atoms with van der Waals surface area (Å²) in [4.78, 5) is 2.60. The third-order valence-corrected chi connectivity index (χ3v) is 4.40. The molecule has 122 valence electrons. The van der Waals surface area contributed by atoms with Crippen LogP contribution in [0.4, 0.5) is 0 Å². The first-order valence-electron chi connectivity index (χ1n) is 8.64. The van der Waals surface area contributed by atoms with Crippen molar-refractivity contribution in [1.82, 2.24) is 10.2 Å². The molecule has 0 spiro atoms. The lowest BCUT2D eigenvalue weighted by Gasteiger charge is -2.35. The summed E-state index contributed by atoms with van der Waals surface area (Å²) in [6.45, 7) is 6.72. The molecule has 3 rings (SSSR count). The third-order valence-electron chi connectivity index (χ3n) is 4.40. The second-order valence-electron chi connectivity index (χ2n) is 6.07. The predicted molar refractivity (Wildman–Crippen MR) is 95.0 cm³/mol. The van der Waals surface area contributed by atoms with Crippen LogP contribution in [0.3, 0.4) is 0 Å². The lowest BCUT2D eigenvalue weighted by Crippen LogP contribution is -2.45. The van der Waals surface area contributed by atoms with Crippen LogP contribution < -0.4 is 10.1 Å². The maximum atomic E-state index is 5.89. The minimum Gasteiger partial charge on any atom is -0.457 e. The van der Waals surface area contributed by atoms with Crippen LogP contribution in [0, 0.1) is 0 Å². The van der Waals surface area contributed by atoms with Gasteiger partial charge in [-0.3, -0.25) is 4.90 Å². The Morgan fingerprint density at radius 2 is 1.61 bits per heavy atom. The van der Waals surface area contributed by atoms with Crippen LogP contribution in [0.25, 0.3) is 0 Å². The van der Waals surface area contributed by atoms with E-state index < -0.39 is 0 Å². The molecule has 2 aromatic rings. The highest BCUT2D eigenvalue weighted by Gasteiger charge is 2.21. The molecular formula is C20H26N2O. The van der Waals surface area contributed by atoms with Crippen LogP contribution in [0.2, 0.25) is 0 Å². The van der Waals surface area contributed by atoms with Gasteiger partial charge in [0, 0.05) is 32.2 Å². The number of ether oxygens (including phenoxy) is 1. The van der Waals surface area contributed by atoms with E-state index in [-0.39, 0.29) is 0 Å². The fourth-order valence-electron chi connectivity index (χ4n) is 3.21. The normalized spacial score (nSPS) is 16.9. The first-order chi connectivity index (χ1) is 11.4. The molecule has 0 radical (unpaired) electrons. The molecule has 1 aliphatic heterocycles. The van der Waals surface area contributed by atoms with Crippen LogP contribution in [-0.2, 0) is 0 Å². The molecule has 0 aromatic heterocycles. The van der Waals surface area contributed by atoms with Crippen LogP contribution in [0.1, 0.15) is 31.4 Å². The zero-order valence-corrected chi connectivity index (χ0v) is 13.9. The van der Waals surface area contributed by atoms with Crippen LogP contribution in [0.5, 0.6) is 11.5 Å². The summed E-state index contributed by atoms with van der Waals surface area (Å²) in [6, 6.07) is 19.1. The van der Waals surface area contributed by atoms with Gasteiger partial charge in [-0.1, -0.05) is 43.7 Å². The van der Waals surface area contributed by atoms with Gasteiger partial charge in [0.15, 0.2) is 0 Å². The molecule has 1 N–H and O–H groups in total. The summed E-state index contributed by atoms with van der Waals surface area (Å²) >= 11 is 0. The molecule has 1 aliphatic rings. The van der Waals surface area contributed by atoms with Crippen molar-refractivity contribution in [3.63, 3.8) is 0 Å². The maximum absolute atomic E-state index is 5.89. The van der Waals surface area contributed by atoms with Gasteiger partial charge in [0.05, 0.1) is 0 Å². The number of nitrogens with one attached hydrogen (secondary N) is 1. The molecule has 1 atom stereocenters. The molecule has 3 nitrogen and oxygen atoms in total. The SMILES string of the molecule is CCC[C@H](c1ccc(Oc2ccccc2)cc1)N1CCNCC1. The highest BCUT2D eigenvalue weighted by molar-refractivity contribution is 5.34. The minimum atomic E-state index is 0.521. The lowest BCUT2D eigenvalue weighted by molar-refractivity contribution is 0.164. The maximum Gasteiger partial charge on any atom is 0.127 e. The Labute approximate surface area is 139 Å². The van der Waals surface area contributed by atoms with Crippen molar-refractivity contribution in [2.75, 3.05) is 26.2 Å². The number of hydrogen-bond acceptors (Lipinski definition) is 3. The molecule has 0 saturated carbocycles. The van der Waals surface area contributed by atoms with Crippen molar-refractivity contribution in [3.05, 3.63) is 60.2 Å². The van der Waals surface area contributed by atoms with E-state index in [0.717, 1.165) is 37.7 Å². The van der Waals surface area contributed by atoms with Crippen LogP contribution in [-0.4, -0.2) is 31.1 Å². The predicted octanol–water partition coefficient (Wildman–Crippen LogP) is 4.23. The molecule has 3 heteroatoms. The quantitative estimate of drug-likeness (QED) is 0.864. The Morgan fingerprint density at radius 1 is 0.957 bits per heavy atom. The fraction of sp³-hybridized carbons (Fsp3) is 0.400. The van der Waals surface area contributed by atoms with Crippen molar-refractivity contribution < 1.29 is 4.74 Å². The molecule has 0 bridgehead atoms. The summed E-state index contributed by atoms with van der Waals surface area (Å²) in [5, 5.41) is 3.44. The summed E-state index contributed by atoms with van der Waals surface area (Å²) in [6.07, 6.45) is 2.41. The summed E-state index contributed by atoms with van der Waals surface area (Å²) < 4.78 is 5.89. The number of para-hydroxylation sites is 1. The van der Waals surface area contributed by atoms with Gasteiger partial charge in [0.2, 0.25) is 0 Å². The molecule has 23 heavy (non-hydrogen) atoms. The molecule has 0 amide bonds. The van der Waals surface area contributed by atoms with Crippen molar-refractivity contribution in [2.24, 2.45) is 0 Å². The van der Waals surface area contributed by atoms with Gasteiger partial charge in [-0.15, -0.1) is 0 Å². The molecule has 1 heterocycles. The van der Waals surface area contributed by atoms with E-state index in [0.29, 0.717) is 6.04 Å². The Bertz CT molecular complexity index is 576. The van der Waals surface area contributed by atoms with E-state index in [9.17, 15) is 0 Å². The average molecular weight is 310 g/mol. The van der Waals surface area contributed by atoms with Crippen LogP contribution in [0.15, 0.2) is 54.6 Å². The third kappa shape index (κ3) is 4.34. The van der Waals surface area contributed by atoms with Gasteiger partial charge in [0.25, 0.3) is 0 Å². The van der Waals surface area contributed by atoms with E-state index in [1.807, 2.05) is 30.3 Å². The lowest BCUT2D eigenvalue weighted by atomic mass is 10.00. The Kier molecular flexibility index (Phi) is 5.67. The van der Waals surface area contributed by atoms with E-state index in [1.165, 1.54) is 18.4 Å². The first kappa shape index (κ1) is 16.0. The van der Waals surface area contributed by atoms with E-state index in [2.05, 4.69) is 41.4 Å². The molecule has 1 saturated heterocycles. The van der Waals surface area contributed by atoms with Crippen molar-refractivity contribution in [1.29, 1.82) is 0 Å². The number of piperazine rings is 1. The molecule has 2 aromatic carbocycles. The van der Waals surface area contributed by atoms with Crippen molar-refractivity contribution in [3.8, 4) is 11.5 Å². The van der Waals surface area contributed by atoms with Gasteiger partial charge >= 0.3 is 0 Å². The molecule has 1 fully saturated rings. The van der Waals surface area contributed by atoms with Crippen LogP contribution >= 0.6 is 0 Å². The summed E-state index contributed by atoms with van der Waals surface area (Å²) in [7, 11) is 0. The van der Waals surface area contributed by atoms with E-state index in [1.54, 1.807) is 0 Å². The van der Waals surface area contributed by atoms with Gasteiger partial charge in [-0.2, -0.15) is 0 Å². The second-order valence-corrected chi connectivity index (χ2v) is 6.07. The fourth-order valence-corrected chi connectivity index (χ4v) is 3.21. The molecule has 0 aliphatic carbocycles. The van der Waals surface area contributed by atoms with Gasteiger partial charge in [0.1, 0.15) is 11.5 Å².